The van der Waals surface area contributed by atoms with Crippen LogP contribution in [0.5, 0.6) is 0 Å². The summed E-state index contributed by atoms with van der Waals surface area (Å²) in [7, 11) is 0. The topological polar surface area (TPSA) is 52.6 Å². The summed E-state index contributed by atoms with van der Waals surface area (Å²) >= 11 is 0. The molecular weight excluding hydrogens is 268 g/mol. The quantitative estimate of drug-likeness (QED) is 0.396. The Kier molecular flexibility index (Phi) is 11.0. The Hall–Kier alpha value is -1.06. The highest BCUT2D eigenvalue weighted by Gasteiger charge is 2.28. The second-order valence-corrected chi connectivity index (χ2v) is 5.85. The average Bonchev–Trinajstić information content (AvgIpc) is 2.46. The molecule has 0 aromatic heterocycles. The largest absolute Gasteiger partial charge is 0.461 e. The molecular formula is C17H32O4. The highest BCUT2D eigenvalue weighted by atomic mass is 16.6. The molecule has 124 valence electrons. The Morgan fingerprint density at radius 3 is 1.86 bits per heavy atom. The monoisotopic (exact) mass is 300 g/mol. The molecule has 0 aliphatic rings. The number of esters is 2. The van der Waals surface area contributed by atoms with E-state index in [1.54, 1.807) is 0 Å². The summed E-state index contributed by atoms with van der Waals surface area (Å²) < 4.78 is 10.7. The van der Waals surface area contributed by atoms with Gasteiger partial charge in [0.15, 0.2) is 0 Å². The Labute approximate surface area is 129 Å². The lowest BCUT2D eigenvalue weighted by atomic mass is 10.0. The molecule has 21 heavy (non-hydrogen) atoms. The first-order chi connectivity index (χ1) is 9.97. The number of ether oxygens (including phenoxy) is 2. The summed E-state index contributed by atoms with van der Waals surface area (Å²) in [6.07, 6.45) is 7.45. The minimum atomic E-state index is -0.705. The van der Waals surface area contributed by atoms with Gasteiger partial charge in [-0.3, -0.25) is 9.59 Å². The number of hydrogen-bond acceptors (Lipinski definition) is 4. The predicted molar refractivity (Wildman–Crippen MR) is 84.0 cm³/mol. The lowest BCUT2D eigenvalue weighted by molar-refractivity contribution is -0.171. The van der Waals surface area contributed by atoms with Crippen molar-refractivity contribution in [3.05, 3.63) is 0 Å². The normalized spacial score (nSPS) is 13.5. The molecule has 1 unspecified atom stereocenters. The summed E-state index contributed by atoms with van der Waals surface area (Å²) in [4.78, 5) is 23.4. The molecule has 0 spiro atoms. The van der Waals surface area contributed by atoms with Gasteiger partial charge in [0, 0.05) is 12.8 Å². The van der Waals surface area contributed by atoms with Crippen LogP contribution >= 0.6 is 0 Å². The fourth-order valence-electron chi connectivity index (χ4n) is 1.87. The molecule has 0 aliphatic carbocycles. The van der Waals surface area contributed by atoms with Crippen molar-refractivity contribution in [1.82, 2.24) is 0 Å². The highest BCUT2D eigenvalue weighted by molar-refractivity contribution is 5.70. The van der Waals surface area contributed by atoms with Gasteiger partial charge in [0.1, 0.15) is 12.2 Å². The van der Waals surface area contributed by atoms with Gasteiger partial charge < -0.3 is 9.47 Å². The molecule has 0 fully saturated rings. The van der Waals surface area contributed by atoms with E-state index in [4.69, 9.17) is 9.47 Å². The fourth-order valence-corrected chi connectivity index (χ4v) is 1.87. The van der Waals surface area contributed by atoms with Crippen molar-refractivity contribution >= 4 is 11.9 Å². The predicted octanol–water partition coefficient (Wildman–Crippen LogP) is 4.40. The summed E-state index contributed by atoms with van der Waals surface area (Å²) in [6.45, 7) is 8.10. The van der Waals surface area contributed by atoms with Crippen LogP contribution in [0.15, 0.2) is 0 Å². The van der Waals surface area contributed by atoms with E-state index in [-0.39, 0.29) is 18.5 Å². The van der Waals surface area contributed by atoms with Crippen LogP contribution in [0.2, 0.25) is 0 Å². The highest BCUT2D eigenvalue weighted by Crippen LogP contribution is 2.18. The molecule has 0 aromatic rings. The lowest BCUT2D eigenvalue weighted by Gasteiger charge is -2.28. The molecule has 0 radical (unpaired) electrons. The average molecular weight is 300 g/mol. The Balaban J connectivity index is 4.08. The standard InChI is InChI=1S/C17H32O4/c1-5-8-10-12-15(18)20-14-17(4,7-3)21-16(19)13-11-9-6-2/h5-14H2,1-4H3. The van der Waals surface area contributed by atoms with Crippen molar-refractivity contribution in [3.8, 4) is 0 Å². The second-order valence-electron chi connectivity index (χ2n) is 5.85. The molecule has 0 N–H and O–H groups in total. The van der Waals surface area contributed by atoms with Crippen molar-refractivity contribution in [3.63, 3.8) is 0 Å². The number of hydrogen-bond donors (Lipinski definition) is 0. The van der Waals surface area contributed by atoms with Gasteiger partial charge >= 0.3 is 11.9 Å². The smallest absolute Gasteiger partial charge is 0.306 e. The van der Waals surface area contributed by atoms with E-state index < -0.39 is 5.60 Å². The van der Waals surface area contributed by atoms with E-state index in [1.807, 2.05) is 13.8 Å². The van der Waals surface area contributed by atoms with Gasteiger partial charge in [-0.05, 0) is 26.2 Å². The maximum absolute atomic E-state index is 11.8. The van der Waals surface area contributed by atoms with E-state index in [1.165, 1.54) is 0 Å². The third kappa shape index (κ3) is 10.3. The van der Waals surface area contributed by atoms with Gasteiger partial charge in [0.05, 0.1) is 0 Å². The van der Waals surface area contributed by atoms with E-state index in [9.17, 15) is 9.59 Å². The van der Waals surface area contributed by atoms with E-state index in [2.05, 4.69) is 13.8 Å². The van der Waals surface area contributed by atoms with Gasteiger partial charge in [-0.1, -0.05) is 46.5 Å². The van der Waals surface area contributed by atoms with E-state index >= 15 is 0 Å². The molecule has 0 bridgehead atoms. The zero-order valence-corrected chi connectivity index (χ0v) is 14.2. The van der Waals surface area contributed by atoms with E-state index in [0.717, 1.165) is 38.5 Å². The molecule has 1 atom stereocenters. The lowest BCUT2D eigenvalue weighted by Crippen LogP contribution is -2.37. The molecule has 0 saturated heterocycles. The van der Waals surface area contributed by atoms with Gasteiger partial charge in [0.2, 0.25) is 0 Å². The maximum Gasteiger partial charge on any atom is 0.306 e. The van der Waals surface area contributed by atoms with Gasteiger partial charge in [-0.2, -0.15) is 0 Å². The third-order valence-corrected chi connectivity index (χ3v) is 3.62. The third-order valence-electron chi connectivity index (χ3n) is 3.62. The minimum absolute atomic E-state index is 0.147. The summed E-state index contributed by atoms with van der Waals surface area (Å²) in [5.74, 6) is -0.403. The number of rotatable bonds is 12. The van der Waals surface area contributed by atoms with Crippen molar-refractivity contribution < 1.29 is 19.1 Å². The number of unbranched alkanes of at least 4 members (excludes halogenated alkanes) is 4. The zero-order chi connectivity index (χ0) is 16.1. The van der Waals surface area contributed by atoms with Gasteiger partial charge in [0.25, 0.3) is 0 Å². The first kappa shape index (κ1) is 19.9. The summed E-state index contributed by atoms with van der Waals surface area (Å²) in [6, 6.07) is 0. The SMILES string of the molecule is CCCCCC(=O)OCC(C)(CC)OC(=O)CCCCC. The van der Waals surface area contributed by atoms with Crippen LogP contribution in [-0.2, 0) is 19.1 Å². The minimum Gasteiger partial charge on any atom is -0.461 e. The summed E-state index contributed by atoms with van der Waals surface area (Å²) in [5.41, 5.74) is -0.705. The Morgan fingerprint density at radius 1 is 0.857 bits per heavy atom. The van der Waals surface area contributed by atoms with Crippen LogP contribution in [0.3, 0.4) is 0 Å². The first-order valence-corrected chi connectivity index (χ1v) is 8.34. The van der Waals surface area contributed by atoms with Crippen LogP contribution in [0.25, 0.3) is 0 Å². The summed E-state index contributed by atoms with van der Waals surface area (Å²) in [5, 5.41) is 0. The molecule has 0 heterocycles. The number of carbonyl (C=O) groups excluding carboxylic acids is 2. The van der Waals surface area contributed by atoms with Crippen LogP contribution in [0, 0.1) is 0 Å². The Bertz CT molecular complexity index is 301. The van der Waals surface area contributed by atoms with Crippen molar-refractivity contribution in [2.75, 3.05) is 6.61 Å². The molecule has 0 aromatic carbocycles. The van der Waals surface area contributed by atoms with Crippen molar-refractivity contribution in [2.24, 2.45) is 0 Å². The number of carbonyl (C=O) groups is 2. The van der Waals surface area contributed by atoms with Crippen LogP contribution in [0.1, 0.15) is 85.5 Å². The van der Waals surface area contributed by atoms with E-state index in [0.29, 0.717) is 19.3 Å². The molecule has 0 saturated carbocycles. The molecule has 0 amide bonds. The van der Waals surface area contributed by atoms with Gasteiger partial charge in [-0.25, -0.2) is 0 Å². The molecule has 0 aliphatic heterocycles. The van der Waals surface area contributed by atoms with Crippen molar-refractivity contribution in [2.45, 2.75) is 91.1 Å². The van der Waals surface area contributed by atoms with Crippen LogP contribution in [-0.4, -0.2) is 24.1 Å². The van der Waals surface area contributed by atoms with Crippen molar-refractivity contribution in [1.29, 1.82) is 0 Å². The maximum atomic E-state index is 11.8. The van der Waals surface area contributed by atoms with Crippen LogP contribution < -0.4 is 0 Å². The molecule has 0 rings (SSSR count). The van der Waals surface area contributed by atoms with Gasteiger partial charge in [-0.15, -0.1) is 0 Å². The molecule has 4 heteroatoms. The van der Waals surface area contributed by atoms with Crippen LogP contribution in [0.4, 0.5) is 0 Å². The fraction of sp³-hybridized carbons (Fsp3) is 0.882. The zero-order valence-electron chi connectivity index (χ0n) is 14.2. The first-order valence-electron chi connectivity index (χ1n) is 8.34. The molecule has 4 nitrogen and oxygen atoms in total. The second kappa shape index (κ2) is 11.6. The Morgan fingerprint density at radius 2 is 1.38 bits per heavy atom.